The highest BCUT2D eigenvalue weighted by molar-refractivity contribution is 5.07. The van der Waals surface area contributed by atoms with Crippen LogP contribution in [-0.2, 0) is 0 Å². The number of rotatable bonds is 1. The summed E-state index contributed by atoms with van der Waals surface area (Å²) in [7, 11) is 0. The van der Waals surface area contributed by atoms with Crippen molar-refractivity contribution in [2.75, 3.05) is 0 Å². The van der Waals surface area contributed by atoms with E-state index < -0.39 is 0 Å². The lowest BCUT2D eigenvalue weighted by atomic mass is 9.75. The van der Waals surface area contributed by atoms with Gasteiger partial charge in [0.2, 0.25) is 0 Å². The van der Waals surface area contributed by atoms with E-state index in [0.29, 0.717) is 5.41 Å². The SMILES string of the molecule is CC/C=C1/CCCC(C)(C)C1. The Morgan fingerprint density at radius 3 is 2.73 bits per heavy atom. The van der Waals surface area contributed by atoms with E-state index in [4.69, 9.17) is 0 Å². The standard InChI is InChI=1S/C11H20/c1-4-6-10-7-5-8-11(2,3)9-10/h6H,4-5,7-9H2,1-3H3/b10-6-. The zero-order valence-electron chi connectivity index (χ0n) is 8.11. The summed E-state index contributed by atoms with van der Waals surface area (Å²) in [5.74, 6) is 0. The first kappa shape index (κ1) is 8.83. The predicted octanol–water partition coefficient (Wildman–Crippen LogP) is 3.92. The molecular weight excluding hydrogens is 132 g/mol. The van der Waals surface area contributed by atoms with Gasteiger partial charge in [0.15, 0.2) is 0 Å². The molecule has 64 valence electrons. The fourth-order valence-corrected chi connectivity index (χ4v) is 2.05. The van der Waals surface area contributed by atoms with Crippen molar-refractivity contribution in [3.8, 4) is 0 Å². The normalized spacial score (nSPS) is 27.4. The van der Waals surface area contributed by atoms with Crippen molar-refractivity contribution in [3.63, 3.8) is 0 Å². The maximum atomic E-state index is 2.42. The van der Waals surface area contributed by atoms with E-state index in [0.717, 1.165) is 0 Å². The van der Waals surface area contributed by atoms with Crippen LogP contribution in [-0.4, -0.2) is 0 Å². The van der Waals surface area contributed by atoms with E-state index in [1.165, 1.54) is 32.1 Å². The molecule has 0 saturated heterocycles. The van der Waals surface area contributed by atoms with E-state index in [9.17, 15) is 0 Å². The Morgan fingerprint density at radius 1 is 1.45 bits per heavy atom. The largest absolute Gasteiger partial charge is 0.0856 e. The molecule has 0 aromatic carbocycles. The second-order valence-corrected chi connectivity index (χ2v) is 4.47. The molecule has 0 bridgehead atoms. The minimum atomic E-state index is 0.583. The quantitative estimate of drug-likeness (QED) is 0.499. The molecule has 0 aromatic rings. The molecule has 1 aliphatic rings. The lowest BCUT2D eigenvalue weighted by Crippen LogP contribution is -2.16. The van der Waals surface area contributed by atoms with Gasteiger partial charge in [-0.3, -0.25) is 0 Å². The van der Waals surface area contributed by atoms with Crippen LogP contribution in [0.5, 0.6) is 0 Å². The Bertz CT molecular complexity index is 151. The van der Waals surface area contributed by atoms with Crippen molar-refractivity contribution in [2.24, 2.45) is 5.41 Å². The molecule has 0 atom stereocenters. The lowest BCUT2D eigenvalue weighted by Gasteiger charge is -2.31. The molecule has 0 nitrogen and oxygen atoms in total. The summed E-state index contributed by atoms with van der Waals surface area (Å²) in [5, 5.41) is 0. The molecule has 11 heavy (non-hydrogen) atoms. The lowest BCUT2D eigenvalue weighted by molar-refractivity contribution is 0.289. The monoisotopic (exact) mass is 152 g/mol. The number of allylic oxidation sites excluding steroid dienone is 2. The Kier molecular flexibility index (Phi) is 2.75. The molecule has 0 radical (unpaired) electrons. The van der Waals surface area contributed by atoms with Crippen molar-refractivity contribution in [1.29, 1.82) is 0 Å². The molecule has 1 rings (SSSR count). The summed E-state index contributed by atoms with van der Waals surface area (Å²) in [5.41, 5.74) is 2.28. The highest BCUT2D eigenvalue weighted by Crippen LogP contribution is 2.38. The molecule has 0 aromatic heterocycles. The minimum absolute atomic E-state index is 0.583. The van der Waals surface area contributed by atoms with Gasteiger partial charge in [0.05, 0.1) is 0 Å². The van der Waals surface area contributed by atoms with Gasteiger partial charge in [0.25, 0.3) is 0 Å². The smallest absolute Gasteiger partial charge is 0.0269 e. The number of hydrogen-bond acceptors (Lipinski definition) is 0. The molecule has 0 unspecified atom stereocenters. The molecular formula is C11H20. The molecule has 0 spiro atoms. The number of hydrogen-bond donors (Lipinski definition) is 0. The van der Waals surface area contributed by atoms with E-state index >= 15 is 0 Å². The van der Waals surface area contributed by atoms with Crippen molar-refractivity contribution < 1.29 is 0 Å². The third kappa shape index (κ3) is 2.69. The Balaban J connectivity index is 2.53. The topological polar surface area (TPSA) is 0 Å². The third-order valence-electron chi connectivity index (χ3n) is 2.55. The van der Waals surface area contributed by atoms with Crippen LogP contribution in [0.4, 0.5) is 0 Å². The van der Waals surface area contributed by atoms with Crippen LogP contribution in [0.2, 0.25) is 0 Å². The summed E-state index contributed by atoms with van der Waals surface area (Å²) >= 11 is 0. The van der Waals surface area contributed by atoms with Crippen LogP contribution in [0, 0.1) is 5.41 Å². The molecule has 0 amide bonds. The van der Waals surface area contributed by atoms with Gasteiger partial charge in [-0.05, 0) is 37.5 Å². The summed E-state index contributed by atoms with van der Waals surface area (Å²) < 4.78 is 0. The van der Waals surface area contributed by atoms with E-state index in [-0.39, 0.29) is 0 Å². The first-order valence-corrected chi connectivity index (χ1v) is 4.82. The highest BCUT2D eigenvalue weighted by Gasteiger charge is 2.23. The summed E-state index contributed by atoms with van der Waals surface area (Å²) in [6.07, 6.45) is 9.14. The first-order valence-electron chi connectivity index (χ1n) is 4.82. The van der Waals surface area contributed by atoms with Gasteiger partial charge in [-0.2, -0.15) is 0 Å². The van der Waals surface area contributed by atoms with Crippen molar-refractivity contribution in [3.05, 3.63) is 11.6 Å². The first-order chi connectivity index (χ1) is 5.14. The van der Waals surface area contributed by atoms with Gasteiger partial charge < -0.3 is 0 Å². The zero-order chi connectivity index (χ0) is 8.32. The summed E-state index contributed by atoms with van der Waals surface area (Å²) in [6, 6.07) is 0. The molecule has 0 aliphatic heterocycles. The van der Waals surface area contributed by atoms with Crippen LogP contribution in [0.25, 0.3) is 0 Å². The van der Waals surface area contributed by atoms with E-state index in [1.54, 1.807) is 5.57 Å². The highest BCUT2D eigenvalue weighted by atomic mass is 14.3. The van der Waals surface area contributed by atoms with Gasteiger partial charge in [0, 0.05) is 0 Å². The summed E-state index contributed by atoms with van der Waals surface area (Å²) in [6.45, 7) is 7.00. The van der Waals surface area contributed by atoms with Crippen molar-refractivity contribution in [1.82, 2.24) is 0 Å². The fourth-order valence-electron chi connectivity index (χ4n) is 2.05. The van der Waals surface area contributed by atoms with E-state index in [2.05, 4.69) is 26.8 Å². The maximum Gasteiger partial charge on any atom is -0.0269 e. The molecule has 1 saturated carbocycles. The predicted molar refractivity (Wildman–Crippen MR) is 50.6 cm³/mol. The molecule has 0 heteroatoms. The second kappa shape index (κ2) is 3.42. The Hall–Kier alpha value is -0.260. The van der Waals surface area contributed by atoms with Crippen molar-refractivity contribution >= 4 is 0 Å². The van der Waals surface area contributed by atoms with Crippen molar-refractivity contribution in [2.45, 2.75) is 52.9 Å². The van der Waals surface area contributed by atoms with Gasteiger partial charge in [-0.15, -0.1) is 0 Å². The summed E-state index contributed by atoms with van der Waals surface area (Å²) in [4.78, 5) is 0. The third-order valence-corrected chi connectivity index (χ3v) is 2.55. The molecule has 1 fully saturated rings. The van der Waals surface area contributed by atoms with Gasteiger partial charge in [-0.25, -0.2) is 0 Å². The average Bonchev–Trinajstić information content (AvgIpc) is 1.85. The molecule has 1 aliphatic carbocycles. The van der Waals surface area contributed by atoms with Crippen LogP contribution < -0.4 is 0 Å². The Labute approximate surface area is 70.7 Å². The average molecular weight is 152 g/mol. The second-order valence-electron chi connectivity index (χ2n) is 4.47. The molecule has 0 heterocycles. The van der Waals surface area contributed by atoms with Crippen LogP contribution >= 0.6 is 0 Å². The van der Waals surface area contributed by atoms with Crippen LogP contribution in [0.3, 0.4) is 0 Å². The molecule has 0 N–H and O–H groups in total. The zero-order valence-corrected chi connectivity index (χ0v) is 8.11. The fraction of sp³-hybridized carbons (Fsp3) is 0.818. The van der Waals surface area contributed by atoms with Gasteiger partial charge >= 0.3 is 0 Å². The van der Waals surface area contributed by atoms with Crippen LogP contribution in [0.15, 0.2) is 11.6 Å². The van der Waals surface area contributed by atoms with E-state index in [1.807, 2.05) is 0 Å². The Morgan fingerprint density at radius 2 is 2.18 bits per heavy atom. The van der Waals surface area contributed by atoms with Crippen LogP contribution in [0.1, 0.15) is 52.9 Å². The minimum Gasteiger partial charge on any atom is -0.0856 e. The van der Waals surface area contributed by atoms with Gasteiger partial charge in [0.1, 0.15) is 0 Å². The van der Waals surface area contributed by atoms with Gasteiger partial charge in [-0.1, -0.05) is 32.4 Å². The maximum absolute atomic E-state index is 2.42.